The van der Waals surface area contributed by atoms with Crippen LogP contribution in [0.4, 0.5) is 11.6 Å². The molecule has 0 amide bonds. The highest BCUT2D eigenvalue weighted by molar-refractivity contribution is 14.1. The second-order valence-corrected chi connectivity index (χ2v) is 4.50. The van der Waals surface area contributed by atoms with E-state index in [2.05, 4.69) is 37.9 Å². The quantitative estimate of drug-likeness (QED) is 0.850. The van der Waals surface area contributed by atoms with Crippen LogP contribution in [0.15, 0.2) is 36.7 Å². The lowest BCUT2D eigenvalue weighted by Crippen LogP contribution is -1.98. The molecule has 0 fully saturated rings. The van der Waals surface area contributed by atoms with Gasteiger partial charge in [0.15, 0.2) is 0 Å². The molecule has 0 spiro atoms. The fraction of sp³-hybridized carbons (Fsp3) is 0.0909. The Morgan fingerprint density at radius 2 is 1.75 bits per heavy atom. The van der Waals surface area contributed by atoms with Crippen molar-refractivity contribution in [2.24, 2.45) is 5.73 Å². The second kappa shape index (κ2) is 5.22. The normalized spacial score (nSPS) is 10.1. The van der Waals surface area contributed by atoms with Crippen molar-refractivity contribution in [2.75, 3.05) is 5.32 Å². The molecule has 0 aliphatic rings. The van der Waals surface area contributed by atoms with E-state index in [1.165, 1.54) is 0 Å². The van der Waals surface area contributed by atoms with E-state index < -0.39 is 0 Å². The van der Waals surface area contributed by atoms with Gasteiger partial charge in [-0.15, -0.1) is 0 Å². The minimum Gasteiger partial charge on any atom is -0.326 e. The van der Waals surface area contributed by atoms with Gasteiger partial charge >= 0.3 is 0 Å². The first-order valence-electron chi connectivity index (χ1n) is 4.81. The number of nitrogens with zero attached hydrogens (tertiary/aromatic N) is 2. The molecule has 0 radical (unpaired) electrons. The Morgan fingerprint density at radius 1 is 1.12 bits per heavy atom. The topological polar surface area (TPSA) is 63.8 Å². The third-order valence-corrected chi connectivity index (χ3v) is 2.62. The van der Waals surface area contributed by atoms with E-state index in [1.807, 2.05) is 24.3 Å². The highest BCUT2D eigenvalue weighted by atomic mass is 127. The second-order valence-electron chi connectivity index (χ2n) is 3.25. The standard InChI is InChI=1S/C11H11IN4/c12-9-6-14-11(15-7-9)16-10-3-1-8(5-13)2-4-10/h1-4,6-7H,5,13H2,(H,14,15,16). The van der Waals surface area contributed by atoms with Gasteiger partial charge in [0, 0.05) is 28.2 Å². The fourth-order valence-corrected chi connectivity index (χ4v) is 1.51. The van der Waals surface area contributed by atoms with Crippen molar-refractivity contribution in [3.8, 4) is 0 Å². The van der Waals surface area contributed by atoms with E-state index in [0.29, 0.717) is 12.5 Å². The Labute approximate surface area is 107 Å². The number of rotatable bonds is 3. The van der Waals surface area contributed by atoms with E-state index in [4.69, 9.17) is 5.73 Å². The van der Waals surface area contributed by atoms with Crippen molar-refractivity contribution in [2.45, 2.75) is 6.54 Å². The van der Waals surface area contributed by atoms with Gasteiger partial charge in [-0.25, -0.2) is 9.97 Å². The molecular formula is C11H11IN4. The van der Waals surface area contributed by atoms with Crippen LogP contribution in [0.1, 0.15) is 5.56 Å². The number of halogens is 1. The molecule has 5 heteroatoms. The van der Waals surface area contributed by atoms with Crippen LogP contribution in [0.2, 0.25) is 0 Å². The van der Waals surface area contributed by atoms with Crippen LogP contribution >= 0.6 is 22.6 Å². The van der Waals surface area contributed by atoms with Gasteiger partial charge in [0.1, 0.15) is 0 Å². The number of aromatic nitrogens is 2. The number of benzene rings is 1. The van der Waals surface area contributed by atoms with Gasteiger partial charge in [0.05, 0.1) is 0 Å². The Morgan fingerprint density at radius 3 is 2.31 bits per heavy atom. The zero-order chi connectivity index (χ0) is 11.4. The minimum atomic E-state index is 0.556. The number of hydrogen-bond acceptors (Lipinski definition) is 4. The summed E-state index contributed by atoms with van der Waals surface area (Å²) in [6.45, 7) is 0.556. The Kier molecular flexibility index (Phi) is 3.68. The SMILES string of the molecule is NCc1ccc(Nc2ncc(I)cn2)cc1. The molecule has 0 aliphatic carbocycles. The number of nitrogens with two attached hydrogens (primary N) is 1. The summed E-state index contributed by atoms with van der Waals surface area (Å²) >= 11 is 2.17. The Bertz CT molecular complexity index is 452. The van der Waals surface area contributed by atoms with Crippen molar-refractivity contribution < 1.29 is 0 Å². The molecule has 2 aromatic rings. The van der Waals surface area contributed by atoms with E-state index in [1.54, 1.807) is 12.4 Å². The average molecular weight is 326 g/mol. The summed E-state index contributed by atoms with van der Waals surface area (Å²) in [6, 6.07) is 7.89. The summed E-state index contributed by atoms with van der Waals surface area (Å²) in [5.41, 5.74) is 7.59. The van der Waals surface area contributed by atoms with Gasteiger partial charge in [0.2, 0.25) is 5.95 Å². The van der Waals surface area contributed by atoms with E-state index in [0.717, 1.165) is 14.8 Å². The molecule has 0 saturated heterocycles. The van der Waals surface area contributed by atoms with E-state index in [-0.39, 0.29) is 0 Å². The molecule has 1 heterocycles. The lowest BCUT2D eigenvalue weighted by molar-refractivity contribution is 1.07. The third-order valence-electron chi connectivity index (χ3n) is 2.07. The number of hydrogen-bond donors (Lipinski definition) is 2. The zero-order valence-electron chi connectivity index (χ0n) is 8.52. The summed E-state index contributed by atoms with van der Waals surface area (Å²) in [6.07, 6.45) is 3.54. The summed E-state index contributed by atoms with van der Waals surface area (Å²) in [5.74, 6) is 0.598. The first-order chi connectivity index (χ1) is 7.78. The molecule has 0 atom stereocenters. The monoisotopic (exact) mass is 326 g/mol. The van der Waals surface area contributed by atoms with Gasteiger partial charge in [-0.3, -0.25) is 0 Å². The molecule has 1 aromatic carbocycles. The highest BCUT2D eigenvalue weighted by Crippen LogP contribution is 2.13. The third kappa shape index (κ3) is 2.89. The van der Waals surface area contributed by atoms with Crippen molar-refractivity contribution in [1.82, 2.24) is 9.97 Å². The van der Waals surface area contributed by atoms with Crippen molar-refractivity contribution in [3.05, 3.63) is 45.8 Å². The van der Waals surface area contributed by atoms with Crippen LogP contribution < -0.4 is 11.1 Å². The molecular weight excluding hydrogens is 315 g/mol. The lowest BCUT2D eigenvalue weighted by atomic mass is 10.2. The average Bonchev–Trinajstić information content (AvgIpc) is 2.33. The fourth-order valence-electron chi connectivity index (χ4n) is 1.23. The molecule has 82 valence electrons. The van der Waals surface area contributed by atoms with Crippen LogP contribution in [0.3, 0.4) is 0 Å². The van der Waals surface area contributed by atoms with Crippen LogP contribution in [0.25, 0.3) is 0 Å². The smallest absolute Gasteiger partial charge is 0.227 e. The van der Waals surface area contributed by atoms with Crippen LogP contribution in [-0.4, -0.2) is 9.97 Å². The van der Waals surface area contributed by atoms with Gasteiger partial charge < -0.3 is 11.1 Å². The van der Waals surface area contributed by atoms with Gasteiger partial charge in [0.25, 0.3) is 0 Å². The first-order valence-corrected chi connectivity index (χ1v) is 5.89. The number of anilines is 2. The van der Waals surface area contributed by atoms with Crippen molar-refractivity contribution >= 4 is 34.2 Å². The molecule has 0 saturated carbocycles. The maximum absolute atomic E-state index is 5.52. The molecule has 4 nitrogen and oxygen atoms in total. The predicted molar refractivity (Wildman–Crippen MR) is 72.4 cm³/mol. The van der Waals surface area contributed by atoms with Gasteiger partial charge in [-0.2, -0.15) is 0 Å². The zero-order valence-corrected chi connectivity index (χ0v) is 10.7. The van der Waals surface area contributed by atoms with Crippen LogP contribution in [-0.2, 0) is 6.54 Å². The van der Waals surface area contributed by atoms with E-state index in [9.17, 15) is 0 Å². The molecule has 1 aromatic heterocycles. The number of nitrogens with one attached hydrogen (secondary N) is 1. The maximum Gasteiger partial charge on any atom is 0.227 e. The Hall–Kier alpha value is -1.21. The first kappa shape index (κ1) is 11.3. The van der Waals surface area contributed by atoms with Crippen LogP contribution in [0.5, 0.6) is 0 Å². The van der Waals surface area contributed by atoms with Crippen LogP contribution in [0, 0.1) is 3.57 Å². The van der Waals surface area contributed by atoms with Gasteiger partial charge in [-0.05, 0) is 40.3 Å². The van der Waals surface area contributed by atoms with Crippen molar-refractivity contribution in [3.63, 3.8) is 0 Å². The molecule has 16 heavy (non-hydrogen) atoms. The molecule has 2 rings (SSSR count). The summed E-state index contributed by atoms with van der Waals surface area (Å²) in [5, 5.41) is 3.12. The maximum atomic E-state index is 5.52. The summed E-state index contributed by atoms with van der Waals surface area (Å²) in [4.78, 5) is 8.32. The minimum absolute atomic E-state index is 0.556. The molecule has 3 N–H and O–H groups in total. The molecule has 0 bridgehead atoms. The summed E-state index contributed by atoms with van der Waals surface area (Å²) < 4.78 is 1.02. The predicted octanol–water partition coefficient (Wildman–Crippen LogP) is 2.28. The largest absolute Gasteiger partial charge is 0.326 e. The molecule has 0 aliphatic heterocycles. The lowest BCUT2D eigenvalue weighted by Gasteiger charge is -2.04. The Balaban J connectivity index is 2.11. The van der Waals surface area contributed by atoms with E-state index >= 15 is 0 Å². The molecule has 0 unspecified atom stereocenters. The summed E-state index contributed by atoms with van der Waals surface area (Å²) in [7, 11) is 0. The van der Waals surface area contributed by atoms with Crippen molar-refractivity contribution in [1.29, 1.82) is 0 Å². The van der Waals surface area contributed by atoms with Gasteiger partial charge in [-0.1, -0.05) is 12.1 Å². The highest BCUT2D eigenvalue weighted by Gasteiger charge is 1.97.